The minimum atomic E-state index is 0.151. The standard InChI is InChI=1S/C14H28N2O/c1-5-14(6-2,7-3)15-11-13(17)16(8-4)12-9-10-12/h12,15H,5-11H2,1-4H3. The average Bonchev–Trinajstić information content (AvgIpc) is 3.17. The number of nitrogens with zero attached hydrogens (tertiary/aromatic N) is 1. The van der Waals surface area contributed by atoms with Crippen LogP contribution >= 0.6 is 0 Å². The number of hydrogen-bond donors (Lipinski definition) is 1. The Kier molecular flexibility index (Phi) is 5.44. The lowest BCUT2D eigenvalue weighted by Crippen LogP contribution is -2.49. The lowest BCUT2D eigenvalue weighted by atomic mass is 9.90. The molecule has 1 saturated carbocycles. The van der Waals surface area contributed by atoms with E-state index in [0.717, 1.165) is 25.8 Å². The fourth-order valence-electron chi connectivity index (χ4n) is 2.51. The van der Waals surface area contributed by atoms with Gasteiger partial charge in [-0.2, -0.15) is 0 Å². The molecule has 0 bridgehead atoms. The summed E-state index contributed by atoms with van der Waals surface area (Å²) in [4.78, 5) is 14.1. The van der Waals surface area contributed by atoms with Gasteiger partial charge in [-0.3, -0.25) is 4.79 Å². The van der Waals surface area contributed by atoms with E-state index in [2.05, 4.69) is 33.0 Å². The molecule has 0 aromatic heterocycles. The zero-order valence-corrected chi connectivity index (χ0v) is 11.9. The number of amides is 1. The Morgan fingerprint density at radius 3 is 2.06 bits per heavy atom. The maximum atomic E-state index is 12.1. The van der Waals surface area contributed by atoms with Gasteiger partial charge in [0.25, 0.3) is 0 Å². The molecule has 0 aromatic rings. The third-order valence-corrected chi connectivity index (χ3v) is 4.29. The highest BCUT2D eigenvalue weighted by Crippen LogP contribution is 2.26. The lowest BCUT2D eigenvalue weighted by molar-refractivity contribution is -0.131. The Bertz CT molecular complexity index is 236. The Hall–Kier alpha value is -0.570. The largest absolute Gasteiger partial charge is 0.339 e. The summed E-state index contributed by atoms with van der Waals surface area (Å²) < 4.78 is 0. The lowest BCUT2D eigenvalue weighted by Gasteiger charge is -2.33. The third kappa shape index (κ3) is 3.70. The molecule has 0 radical (unpaired) electrons. The number of carbonyl (C=O) groups is 1. The van der Waals surface area contributed by atoms with Crippen molar-refractivity contribution in [1.82, 2.24) is 10.2 Å². The van der Waals surface area contributed by atoms with Gasteiger partial charge >= 0.3 is 0 Å². The van der Waals surface area contributed by atoms with Crippen molar-refractivity contribution in [3.05, 3.63) is 0 Å². The molecule has 1 aliphatic rings. The van der Waals surface area contributed by atoms with Crippen molar-refractivity contribution < 1.29 is 4.79 Å². The Labute approximate surface area is 106 Å². The Morgan fingerprint density at radius 2 is 1.71 bits per heavy atom. The molecule has 0 saturated heterocycles. The van der Waals surface area contributed by atoms with Gasteiger partial charge in [0.05, 0.1) is 6.54 Å². The summed E-state index contributed by atoms with van der Waals surface area (Å²) in [6.07, 6.45) is 5.65. The van der Waals surface area contributed by atoms with Crippen LogP contribution in [0.3, 0.4) is 0 Å². The molecule has 0 heterocycles. The number of likely N-dealkylation sites (N-methyl/N-ethyl adjacent to an activating group) is 1. The molecule has 0 aromatic carbocycles. The van der Waals surface area contributed by atoms with Crippen LogP contribution in [0.4, 0.5) is 0 Å². The van der Waals surface area contributed by atoms with Crippen LogP contribution < -0.4 is 5.32 Å². The summed E-state index contributed by atoms with van der Waals surface area (Å²) >= 11 is 0. The highest BCUT2D eigenvalue weighted by atomic mass is 16.2. The molecular weight excluding hydrogens is 212 g/mol. The molecule has 1 rings (SSSR count). The predicted octanol–water partition coefficient (Wildman–Crippen LogP) is 2.56. The van der Waals surface area contributed by atoms with Gasteiger partial charge in [0.1, 0.15) is 0 Å². The molecule has 0 spiro atoms. The van der Waals surface area contributed by atoms with Crippen molar-refractivity contribution in [3.63, 3.8) is 0 Å². The molecule has 3 heteroatoms. The SMILES string of the molecule is CCN(C(=O)CNC(CC)(CC)CC)C1CC1. The van der Waals surface area contributed by atoms with Crippen molar-refractivity contribution >= 4 is 5.91 Å². The second kappa shape index (κ2) is 6.39. The number of carbonyl (C=O) groups excluding carboxylic acids is 1. The molecule has 17 heavy (non-hydrogen) atoms. The minimum Gasteiger partial charge on any atom is -0.339 e. The van der Waals surface area contributed by atoms with E-state index in [9.17, 15) is 4.79 Å². The molecule has 0 atom stereocenters. The van der Waals surface area contributed by atoms with Gasteiger partial charge in [-0.1, -0.05) is 20.8 Å². The summed E-state index contributed by atoms with van der Waals surface area (Å²) in [6, 6.07) is 0.536. The van der Waals surface area contributed by atoms with Crippen LogP contribution in [0, 0.1) is 0 Å². The van der Waals surface area contributed by atoms with E-state index < -0.39 is 0 Å². The fourth-order valence-corrected chi connectivity index (χ4v) is 2.51. The normalized spacial score (nSPS) is 16.0. The van der Waals surface area contributed by atoms with Gasteiger partial charge in [-0.15, -0.1) is 0 Å². The van der Waals surface area contributed by atoms with E-state index in [0.29, 0.717) is 12.6 Å². The Balaban J connectivity index is 2.44. The second-order valence-corrected chi connectivity index (χ2v) is 5.11. The smallest absolute Gasteiger partial charge is 0.236 e. The van der Waals surface area contributed by atoms with Gasteiger partial charge in [-0.05, 0) is 39.0 Å². The van der Waals surface area contributed by atoms with Crippen LogP contribution in [0.5, 0.6) is 0 Å². The van der Waals surface area contributed by atoms with Gasteiger partial charge < -0.3 is 10.2 Å². The fraction of sp³-hybridized carbons (Fsp3) is 0.929. The van der Waals surface area contributed by atoms with Crippen molar-refractivity contribution in [2.45, 2.75) is 71.4 Å². The van der Waals surface area contributed by atoms with Crippen molar-refractivity contribution in [2.24, 2.45) is 0 Å². The molecule has 3 nitrogen and oxygen atoms in total. The van der Waals surface area contributed by atoms with Crippen LogP contribution in [0.25, 0.3) is 0 Å². The van der Waals surface area contributed by atoms with Gasteiger partial charge in [0.2, 0.25) is 5.91 Å². The molecule has 1 fully saturated rings. The summed E-state index contributed by atoms with van der Waals surface area (Å²) in [5.41, 5.74) is 0.151. The van der Waals surface area contributed by atoms with Crippen LogP contribution in [0.1, 0.15) is 59.8 Å². The molecule has 100 valence electrons. The molecule has 0 aliphatic heterocycles. The predicted molar refractivity (Wildman–Crippen MR) is 72.0 cm³/mol. The third-order valence-electron chi connectivity index (χ3n) is 4.29. The maximum absolute atomic E-state index is 12.1. The van der Waals surface area contributed by atoms with Crippen LogP contribution in [-0.2, 0) is 4.79 Å². The van der Waals surface area contributed by atoms with Crippen molar-refractivity contribution in [2.75, 3.05) is 13.1 Å². The number of nitrogens with one attached hydrogen (secondary N) is 1. The minimum absolute atomic E-state index is 0.151. The monoisotopic (exact) mass is 240 g/mol. The van der Waals surface area contributed by atoms with E-state index in [-0.39, 0.29) is 11.4 Å². The first-order valence-corrected chi connectivity index (χ1v) is 7.16. The maximum Gasteiger partial charge on any atom is 0.236 e. The van der Waals surface area contributed by atoms with E-state index >= 15 is 0 Å². The van der Waals surface area contributed by atoms with Gasteiger partial charge in [0, 0.05) is 18.1 Å². The summed E-state index contributed by atoms with van der Waals surface area (Å²) in [7, 11) is 0. The molecular formula is C14H28N2O. The first-order chi connectivity index (χ1) is 8.12. The van der Waals surface area contributed by atoms with Crippen molar-refractivity contribution in [3.8, 4) is 0 Å². The van der Waals surface area contributed by atoms with Gasteiger partial charge in [0.15, 0.2) is 0 Å². The number of rotatable bonds is 8. The van der Waals surface area contributed by atoms with Crippen LogP contribution in [0.15, 0.2) is 0 Å². The quantitative estimate of drug-likeness (QED) is 0.707. The zero-order valence-electron chi connectivity index (χ0n) is 11.9. The van der Waals surface area contributed by atoms with E-state index in [1.54, 1.807) is 0 Å². The highest BCUT2D eigenvalue weighted by Gasteiger charge is 2.32. The van der Waals surface area contributed by atoms with E-state index in [1.165, 1.54) is 12.8 Å². The summed E-state index contributed by atoms with van der Waals surface area (Å²) in [5.74, 6) is 0.273. The molecule has 1 aliphatic carbocycles. The first-order valence-electron chi connectivity index (χ1n) is 7.16. The highest BCUT2D eigenvalue weighted by molar-refractivity contribution is 5.79. The zero-order chi connectivity index (χ0) is 12.9. The summed E-state index contributed by atoms with van der Waals surface area (Å²) in [6.45, 7) is 10.0. The number of hydrogen-bond acceptors (Lipinski definition) is 2. The Morgan fingerprint density at radius 1 is 1.18 bits per heavy atom. The molecule has 1 amide bonds. The summed E-state index contributed by atoms with van der Waals surface area (Å²) in [5, 5.41) is 3.49. The van der Waals surface area contributed by atoms with Crippen LogP contribution in [-0.4, -0.2) is 35.5 Å². The van der Waals surface area contributed by atoms with Crippen molar-refractivity contribution in [1.29, 1.82) is 0 Å². The van der Waals surface area contributed by atoms with E-state index in [4.69, 9.17) is 0 Å². The topological polar surface area (TPSA) is 32.3 Å². The van der Waals surface area contributed by atoms with Crippen LogP contribution in [0.2, 0.25) is 0 Å². The molecule has 1 N–H and O–H groups in total. The second-order valence-electron chi connectivity index (χ2n) is 5.11. The average molecular weight is 240 g/mol. The molecule has 0 unspecified atom stereocenters. The van der Waals surface area contributed by atoms with E-state index in [1.807, 2.05) is 4.90 Å². The first kappa shape index (κ1) is 14.5. The van der Waals surface area contributed by atoms with Gasteiger partial charge in [-0.25, -0.2) is 0 Å².